The van der Waals surface area contributed by atoms with Gasteiger partial charge in [0.15, 0.2) is 0 Å². The van der Waals surface area contributed by atoms with Crippen LogP contribution in [0, 0.1) is 13.8 Å². The van der Waals surface area contributed by atoms with Gasteiger partial charge in [0.1, 0.15) is 0 Å². The average molecular weight is 281 g/mol. The number of hydrogen-bond donors (Lipinski definition) is 1. The van der Waals surface area contributed by atoms with Crippen molar-refractivity contribution in [3.63, 3.8) is 0 Å². The maximum Gasteiger partial charge on any atom is 0.0726 e. The first-order valence-corrected chi connectivity index (χ1v) is 7.31. The molecule has 2 heterocycles. The summed E-state index contributed by atoms with van der Waals surface area (Å²) in [7, 11) is 0. The number of aryl methyl sites for hydroxylation is 2. The molecule has 0 spiro atoms. The molecule has 2 aromatic heterocycles. The first-order valence-electron chi connectivity index (χ1n) is 6.43. The average Bonchev–Trinajstić information content (AvgIpc) is 2.92. The SMILES string of the molecule is Cc1ccc2nc(C)cc(N/N=C\c3cccs3)c2c1. The Morgan fingerprint density at radius 2 is 2.10 bits per heavy atom. The fraction of sp³-hybridized carbons (Fsp3) is 0.125. The molecule has 0 aliphatic heterocycles. The number of benzene rings is 1. The lowest BCUT2D eigenvalue weighted by Crippen LogP contribution is -1.94. The van der Waals surface area contributed by atoms with Crippen LogP contribution in [0.4, 0.5) is 5.69 Å². The van der Waals surface area contributed by atoms with Gasteiger partial charge in [-0.25, -0.2) is 0 Å². The molecule has 20 heavy (non-hydrogen) atoms. The van der Waals surface area contributed by atoms with E-state index in [4.69, 9.17) is 0 Å². The summed E-state index contributed by atoms with van der Waals surface area (Å²) in [5, 5.41) is 7.45. The lowest BCUT2D eigenvalue weighted by atomic mass is 10.1. The molecule has 3 aromatic rings. The molecule has 3 nitrogen and oxygen atoms in total. The number of thiophene rings is 1. The summed E-state index contributed by atoms with van der Waals surface area (Å²) in [5.41, 5.74) is 7.31. The zero-order valence-electron chi connectivity index (χ0n) is 11.4. The second-order valence-corrected chi connectivity index (χ2v) is 5.70. The Hall–Kier alpha value is -2.20. The molecule has 0 saturated heterocycles. The molecule has 1 aromatic carbocycles. The minimum atomic E-state index is 0.982. The van der Waals surface area contributed by atoms with E-state index in [0.29, 0.717) is 0 Å². The number of nitrogens with one attached hydrogen (secondary N) is 1. The molecule has 0 bridgehead atoms. The van der Waals surface area contributed by atoms with E-state index >= 15 is 0 Å². The zero-order valence-corrected chi connectivity index (χ0v) is 12.2. The van der Waals surface area contributed by atoms with Gasteiger partial charge < -0.3 is 0 Å². The predicted molar refractivity (Wildman–Crippen MR) is 86.8 cm³/mol. The van der Waals surface area contributed by atoms with Gasteiger partial charge in [-0.05, 0) is 43.5 Å². The standard InChI is InChI=1S/C16H15N3S/c1-11-5-6-15-14(8-11)16(9-12(2)18-15)19-17-10-13-4-3-7-20-13/h3-10H,1-2H3,(H,18,19)/b17-10-. The highest BCUT2D eigenvalue weighted by Crippen LogP contribution is 2.24. The van der Waals surface area contributed by atoms with Crippen LogP contribution < -0.4 is 5.43 Å². The van der Waals surface area contributed by atoms with Crippen LogP contribution in [-0.4, -0.2) is 11.2 Å². The van der Waals surface area contributed by atoms with E-state index in [1.807, 2.05) is 42.8 Å². The third-order valence-electron chi connectivity index (χ3n) is 3.01. The number of anilines is 1. The topological polar surface area (TPSA) is 37.3 Å². The fourth-order valence-electron chi connectivity index (χ4n) is 2.09. The number of aromatic nitrogens is 1. The predicted octanol–water partition coefficient (Wildman–Crippen LogP) is 4.36. The highest BCUT2D eigenvalue weighted by Gasteiger charge is 2.03. The molecule has 0 amide bonds. The molecule has 0 aliphatic rings. The molecular formula is C16H15N3S. The Balaban J connectivity index is 1.95. The molecule has 0 radical (unpaired) electrons. The number of hydrazone groups is 1. The van der Waals surface area contributed by atoms with E-state index in [1.165, 1.54) is 5.56 Å². The third-order valence-corrected chi connectivity index (χ3v) is 3.82. The number of hydrogen-bond acceptors (Lipinski definition) is 4. The first-order chi connectivity index (χ1) is 9.72. The molecule has 0 aliphatic carbocycles. The minimum Gasteiger partial charge on any atom is -0.278 e. The molecule has 1 N–H and O–H groups in total. The van der Waals surface area contributed by atoms with E-state index in [9.17, 15) is 0 Å². The van der Waals surface area contributed by atoms with Crippen molar-refractivity contribution in [2.24, 2.45) is 5.10 Å². The molecular weight excluding hydrogens is 266 g/mol. The lowest BCUT2D eigenvalue weighted by Gasteiger charge is -2.07. The number of rotatable bonds is 3. The van der Waals surface area contributed by atoms with Crippen LogP contribution in [0.5, 0.6) is 0 Å². The summed E-state index contributed by atoms with van der Waals surface area (Å²) in [6.07, 6.45) is 1.84. The minimum absolute atomic E-state index is 0.982. The molecule has 0 atom stereocenters. The van der Waals surface area contributed by atoms with Gasteiger partial charge in [0, 0.05) is 16.0 Å². The van der Waals surface area contributed by atoms with Crippen molar-refractivity contribution < 1.29 is 0 Å². The Labute approximate surface area is 122 Å². The molecule has 0 saturated carbocycles. The van der Waals surface area contributed by atoms with Gasteiger partial charge in [0.25, 0.3) is 0 Å². The first kappa shape index (κ1) is 12.8. The van der Waals surface area contributed by atoms with Crippen LogP contribution in [0.3, 0.4) is 0 Å². The Bertz CT molecular complexity index is 761. The molecule has 100 valence electrons. The van der Waals surface area contributed by atoms with Crippen LogP contribution in [-0.2, 0) is 0 Å². The summed E-state index contributed by atoms with van der Waals surface area (Å²) in [6, 6.07) is 12.3. The van der Waals surface area contributed by atoms with Crippen LogP contribution in [0.1, 0.15) is 16.1 Å². The van der Waals surface area contributed by atoms with Crippen LogP contribution in [0.15, 0.2) is 46.9 Å². The van der Waals surface area contributed by atoms with E-state index in [-0.39, 0.29) is 0 Å². The quantitative estimate of drug-likeness (QED) is 0.572. The number of pyridine rings is 1. The highest BCUT2D eigenvalue weighted by molar-refractivity contribution is 7.11. The Morgan fingerprint density at radius 3 is 2.90 bits per heavy atom. The van der Waals surface area contributed by atoms with Gasteiger partial charge in [-0.2, -0.15) is 5.10 Å². The molecule has 4 heteroatoms. The summed E-state index contributed by atoms with van der Waals surface area (Å²) in [5.74, 6) is 0. The fourth-order valence-corrected chi connectivity index (χ4v) is 2.68. The van der Waals surface area contributed by atoms with Gasteiger partial charge in [0.2, 0.25) is 0 Å². The summed E-state index contributed by atoms with van der Waals surface area (Å²) in [4.78, 5) is 5.67. The van der Waals surface area contributed by atoms with Gasteiger partial charge in [-0.15, -0.1) is 11.3 Å². The monoisotopic (exact) mass is 281 g/mol. The van der Waals surface area contributed by atoms with Gasteiger partial charge >= 0.3 is 0 Å². The van der Waals surface area contributed by atoms with Crippen LogP contribution >= 0.6 is 11.3 Å². The van der Waals surface area contributed by atoms with Crippen molar-refractivity contribution in [2.75, 3.05) is 5.43 Å². The van der Waals surface area contributed by atoms with Crippen molar-refractivity contribution >= 4 is 34.1 Å². The van der Waals surface area contributed by atoms with Gasteiger partial charge in [0.05, 0.1) is 17.4 Å². The van der Waals surface area contributed by atoms with Crippen molar-refractivity contribution in [3.05, 3.63) is 57.9 Å². The maximum absolute atomic E-state index is 4.55. The lowest BCUT2D eigenvalue weighted by molar-refractivity contribution is 1.24. The Morgan fingerprint density at radius 1 is 1.20 bits per heavy atom. The van der Waals surface area contributed by atoms with Crippen molar-refractivity contribution in [1.82, 2.24) is 4.98 Å². The van der Waals surface area contributed by atoms with Gasteiger partial charge in [-0.1, -0.05) is 17.7 Å². The molecule has 0 unspecified atom stereocenters. The van der Waals surface area contributed by atoms with Crippen LogP contribution in [0.2, 0.25) is 0 Å². The smallest absolute Gasteiger partial charge is 0.0726 e. The van der Waals surface area contributed by atoms with Crippen LogP contribution in [0.25, 0.3) is 10.9 Å². The Kier molecular flexibility index (Phi) is 3.48. The maximum atomic E-state index is 4.55. The van der Waals surface area contributed by atoms with Gasteiger partial charge in [-0.3, -0.25) is 10.4 Å². The second-order valence-electron chi connectivity index (χ2n) is 4.72. The number of nitrogens with zero attached hydrogens (tertiary/aromatic N) is 2. The summed E-state index contributed by atoms with van der Waals surface area (Å²) in [6.45, 7) is 4.07. The van der Waals surface area contributed by atoms with E-state index in [2.05, 4.69) is 34.6 Å². The zero-order chi connectivity index (χ0) is 13.9. The summed E-state index contributed by atoms with van der Waals surface area (Å²) < 4.78 is 0. The van der Waals surface area contributed by atoms with E-state index in [0.717, 1.165) is 27.2 Å². The third kappa shape index (κ3) is 2.70. The van der Waals surface area contributed by atoms with Crippen molar-refractivity contribution in [1.29, 1.82) is 0 Å². The summed E-state index contributed by atoms with van der Waals surface area (Å²) >= 11 is 1.67. The largest absolute Gasteiger partial charge is 0.278 e. The second kappa shape index (κ2) is 5.43. The van der Waals surface area contributed by atoms with E-state index < -0.39 is 0 Å². The van der Waals surface area contributed by atoms with E-state index in [1.54, 1.807) is 11.3 Å². The van der Waals surface area contributed by atoms with Crippen molar-refractivity contribution in [2.45, 2.75) is 13.8 Å². The van der Waals surface area contributed by atoms with Crippen molar-refractivity contribution in [3.8, 4) is 0 Å². The molecule has 3 rings (SSSR count). The normalized spacial score (nSPS) is 11.3. The number of fused-ring (bicyclic) bond motifs is 1. The molecule has 0 fully saturated rings. The highest BCUT2D eigenvalue weighted by atomic mass is 32.1.